The van der Waals surface area contributed by atoms with E-state index < -0.39 is 11.7 Å². The van der Waals surface area contributed by atoms with Crippen LogP contribution in [0.1, 0.15) is 24.4 Å². The fourth-order valence-corrected chi connectivity index (χ4v) is 2.53. The van der Waals surface area contributed by atoms with Crippen LogP contribution in [0.2, 0.25) is 0 Å². The summed E-state index contributed by atoms with van der Waals surface area (Å²) in [7, 11) is 1.80. The van der Waals surface area contributed by atoms with Gasteiger partial charge in [-0.25, -0.2) is 4.98 Å². The molecule has 0 amide bonds. The number of nitrogens with one attached hydrogen (secondary N) is 1. The molecule has 0 spiro atoms. The van der Waals surface area contributed by atoms with Gasteiger partial charge in [-0.3, -0.25) is 0 Å². The Labute approximate surface area is 107 Å². The highest BCUT2D eigenvalue weighted by atomic mass is 32.1. The lowest BCUT2D eigenvalue weighted by molar-refractivity contribution is -0.137. The average molecular weight is 274 g/mol. The van der Waals surface area contributed by atoms with Gasteiger partial charge in [0.25, 0.3) is 0 Å². The number of nitrogens with zero attached hydrogens (tertiary/aromatic N) is 1. The van der Waals surface area contributed by atoms with Gasteiger partial charge in [0.05, 0.1) is 21.3 Å². The van der Waals surface area contributed by atoms with Gasteiger partial charge in [0.1, 0.15) is 5.01 Å². The van der Waals surface area contributed by atoms with Crippen LogP contribution in [0, 0.1) is 0 Å². The number of fused-ring (bicyclic) bond motifs is 1. The van der Waals surface area contributed by atoms with E-state index >= 15 is 0 Å². The van der Waals surface area contributed by atoms with Gasteiger partial charge in [-0.05, 0) is 39.1 Å². The molecule has 1 aromatic heterocycles. The molecule has 0 bridgehead atoms. The molecule has 18 heavy (non-hydrogen) atoms. The van der Waals surface area contributed by atoms with Crippen molar-refractivity contribution in [1.82, 2.24) is 10.3 Å². The average Bonchev–Trinajstić information content (AvgIpc) is 2.71. The van der Waals surface area contributed by atoms with Gasteiger partial charge >= 0.3 is 6.18 Å². The molecule has 0 aliphatic heterocycles. The van der Waals surface area contributed by atoms with Crippen LogP contribution in [0.15, 0.2) is 18.2 Å². The lowest BCUT2D eigenvalue weighted by Gasteiger charge is -2.20. The number of halogens is 3. The fraction of sp³-hybridized carbons (Fsp3) is 0.417. The highest BCUT2D eigenvalue weighted by molar-refractivity contribution is 7.18. The molecule has 6 heteroatoms. The van der Waals surface area contributed by atoms with Crippen molar-refractivity contribution in [2.75, 3.05) is 7.05 Å². The van der Waals surface area contributed by atoms with Crippen LogP contribution in [0.3, 0.4) is 0 Å². The van der Waals surface area contributed by atoms with Gasteiger partial charge in [0.2, 0.25) is 0 Å². The third-order valence-corrected chi connectivity index (χ3v) is 4.23. The largest absolute Gasteiger partial charge is 0.416 e. The van der Waals surface area contributed by atoms with Crippen molar-refractivity contribution in [1.29, 1.82) is 0 Å². The lowest BCUT2D eigenvalue weighted by Crippen LogP contribution is -2.32. The molecule has 0 saturated carbocycles. The predicted molar refractivity (Wildman–Crippen MR) is 66.7 cm³/mol. The lowest BCUT2D eigenvalue weighted by atomic mass is 10.1. The van der Waals surface area contributed by atoms with Gasteiger partial charge in [0, 0.05) is 0 Å². The summed E-state index contributed by atoms with van der Waals surface area (Å²) in [6.45, 7) is 3.88. The second-order valence-electron chi connectivity index (χ2n) is 4.57. The van der Waals surface area contributed by atoms with Crippen molar-refractivity contribution in [3.8, 4) is 0 Å². The fourth-order valence-electron chi connectivity index (χ4n) is 1.48. The van der Waals surface area contributed by atoms with Crippen LogP contribution in [-0.4, -0.2) is 12.0 Å². The first-order valence-corrected chi connectivity index (χ1v) is 6.23. The third kappa shape index (κ3) is 2.35. The molecule has 0 radical (unpaired) electrons. The topological polar surface area (TPSA) is 24.9 Å². The maximum atomic E-state index is 12.6. The molecule has 0 fully saturated rings. The quantitative estimate of drug-likeness (QED) is 0.901. The molecule has 98 valence electrons. The van der Waals surface area contributed by atoms with Crippen LogP contribution in [0.5, 0.6) is 0 Å². The molecule has 0 unspecified atom stereocenters. The summed E-state index contributed by atoms with van der Waals surface area (Å²) in [5.74, 6) is 0. The second kappa shape index (κ2) is 4.20. The van der Waals surface area contributed by atoms with E-state index in [2.05, 4.69) is 10.3 Å². The molecule has 1 heterocycles. The van der Waals surface area contributed by atoms with Crippen LogP contribution in [0.25, 0.3) is 10.2 Å². The Balaban J connectivity index is 2.53. The normalized spacial score (nSPS) is 13.2. The number of aromatic nitrogens is 1. The molecule has 2 aromatic rings. The van der Waals surface area contributed by atoms with Crippen molar-refractivity contribution in [2.24, 2.45) is 0 Å². The van der Waals surface area contributed by atoms with Crippen LogP contribution < -0.4 is 5.32 Å². The van der Waals surface area contributed by atoms with E-state index in [1.807, 2.05) is 13.8 Å². The van der Waals surface area contributed by atoms with E-state index in [0.717, 1.165) is 21.8 Å². The van der Waals surface area contributed by atoms with E-state index in [1.54, 1.807) is 7.05 Å². The summed E-state index contributed by atoms with van der Waals surface area (Å²) < 4.78 is 38.5. The molecule has 0 atom stereocenters. The Kier molecular flexibility index (Phi) is 3.11. The zero-order chi connectivity index (χ0) is 13.6. The SMILES string of the molecule is CNC(C)(C)c1nc2cc(C(F)(F)F)ccc2s1. The Bertz CT molecular complexity index is 572. The van der Waals surface area contributed by atoms with Crippen molar-refractivity contribution in [3.05, 3.63) is 28.8 Å². The molecule has 0 aliphatic carbocycles. The van der Waals surface area contributed by atoms with E-state index in [-0.39, 0.29) is 5.54 Å². The first-order valence-electron chi connectivity index (χ1n) is 5.41. The summed E-state index contributed by atoms with van der Waals surface area (Å²) in [4.78, 5) is 4.29. The second-order valence-corrected chi connectivity index (χ2v) is 5.60. The van der Waals surface area contributed by atoms with Gasteiger partial charge < -0.3 is 5.32 Å². The zero-order valence-electron chi connectivity index (χ0n) is 10.2. The van der Waals surface area contributed by atoms with E-state index in [9.17, 15) is 13.2 Å². The van der Waals surface area contributed by atoms with E-state index in [0.29, 0.717) is 5.52 Å². The molecule has 2 nitrogen and oxygen atoms in total. The molecular formula is C12H13F3N2S. The number of alkyl halides is 3. The number of hydrogen-bond acceptors (Lipinski definition) is 3. The molecule has 1 N–H and O–H groups in total. The summed E-state index contributed by atoms with van der Waals surface area (Å²) >= 11 is 1.41. The molecule has 1 aromatic carbocycles. The van der Waals surface area contributed by atoms with Gasteiger partial charge in [-0.2, -0.15) is 13.2 Å². The highest BCUT2D eigenvalue weighted by Crippen LogP contribution is 2.34. The maximum absolute atomic E-state index is 12.6. The number of benzene rings is 1. The Morgan fingerprint density at radius 2 is 1.89 bits per heavy atom. The Morgan fingerprint density at radius 3 is 2.44 bits per heavy atom. The Hall–Kier alpha value is -1.14. The highest BCUT2D eigenvalue weighted by Gasteiger charge is 2.31. The molecule has 0 saturated heterocycles. The van der Waals surface area contributed by atoms with Crippen molar-refractivity contribution in [2.45, 2.75) is 25.6 Å². The van der Waals surface area contributed by atoms with Gasteiger partial charge in [-0.1, -0.05) is 0 Å². The van der Waals surface area contributed by atoms with Crippen molar-refractivity contribution < 1.29 is 13.2 Å². The summed E-state index contributed by atoms with van der Waals surface area (Å²) in [6.07, 6.45) is -4.32. The molecule has 0 aliphatic rings. The van der Waals surface area contributed by atoms with Crippen LogP contribution in [-0.2, 0) is 11.7 Å². The maximum Gasteiger partial charge on any atom is 0.416 e. The van der Waals surface area contributed by atoms with E-state index in [4.69, 9.17) is 0 Å². The summed E-state index contributed by atoms with van der Waals surface area (Å²) in [5, 5.41) is 3.87. The minimum atomic E-state index is -4.32. The number of rotatable bonds is 2. The first kappa shape index (κ1) is 13.3. The summed E-state index contributed by atoms with van der Waals surface area (Å²) in [5.41, 5.74) is -0.607. The number of thiazole rings is 1. The smallest absolute Gasteiger partial charge is 0.309 e. The minimum absolute atomic E-state index is 0.345. The zero-order valence-corrected chi connectivity index (χ0v) is 11.0. The summed E-state index contributed by atoms with van der Waals surface area (Å²) in [6, 6.07) is 3.67. The monoisotopic (exact) mass is 274 g/mol. The van der Waals surface area contributed by atoms with Gasteiger partial charge in [-0.15, -0.1) is 11.3 Å². The molecular weight excluding hydrogens is 261 g/mol. The van der Waals surface area contributed by atoms with Crippen LogP contribution in [0.4, 0.5) is 13.2 Å². The Morgan fingerprint density at radius 1 is 1.22 bits per heavy atom. The van der Waals surface area contributed by atoms with Crippen LogP contribution >= 0.6 is 11.3 Å². The van der Waals surface area contributed by atoms with E-state index in [1.165, 1.54) is 17.4 Å². The number of hydrogen-bond donors (Lipinski definition) is 1. The standard InChI is InChI=1S/C12H13F3N2S/c1-11(2,16-3)10-17-8-6-7(12(13,14)15)4-5-9(8)18-10/h4-6,16H,1-3H3. The third-order valence-electron chi connectivity index (χ3n) is 2.87. The first-order chi connectivity index (χ1) is 8.24. The molecule has 2 rings (SSSR count). The minimum Gasteiger partial charge on any atom is -0.309 e. The van der Waals surface area contributed by atoms with Crippen molar-refractivity contribution in [3.63, 3.8) is 0 Å². The van der Waals surface area contributed by atoms with Crippen molar-refractivity contribution >= 4 is 21.6 Å². The van der Waals surface area contributed by atoms with Gasteiger partial charge in [0.15, 0.2) is 0 Å². The predicted octanol–water partition coefficient (Wildman–Crippen LogP) is 3.77.